The van der Waals surface area contributed by atoms with Gasteiger partial charge in [-0.15, -0.1) is 5.10 Å². The molecule has 19 heavy (non-hydrogen) atoms. The Morgan fingerprint density at radius 3 is 2.63 bits per heavy atom. The highest BCUT2D eigenvalue weighted by atomic mass is 15.1. The number of fused-ring (bicyclic) bond motifs is 3. The van der Waals surface area contributed by atoms with Crippen molar-refractivity contribution in [2.75, 3.05) is 18.5 Å². The number of likely N-dealkylation sites (N-methyl/N-ethyl adjacent to an activating group) is 1. The number of aromatic nitrogens is 2. The highest BCUT2D eigenvalue weighted by Gasteiger charge is 2.18. The molecule has 1 aliphatic rings. The van der Waals surface area contributed by atoms with Crippen LogP contribution in [-0.4, -0.2) is 23.8 Å². The molecule has 1 aromatic carbocycles. The van der Waals surface area contributed by atoms with E-state index in [-0.39, 0.29) is 0 Å². The van der Waals surface area contributed by atoms with Crippen molar-refractivity contribution >= 4 is 5.69 Å². The Morgan fingerprint density at radius 1 is 1.11 bits per heavy atom. The topological polar surface area (TPSA) is 29.0 Å². The van der Waals surface area contributed by atoms with Crippen LogP contribution in [0.3, 0.4) is 0 Å². The van der Waals surface area contributed by atoms with Crippen molar-refractivity contribution in [2.24, 2.45) is 0 Å². The lowest BCUT2D eigenvalue weighted by Crippen LogP contribution is -2.18. The summed E-state index contributed by atoms with van der Waals surface area (Å²) in [5.41, 5.74) is 5.76. The summed E-state index contributed by atoms with van der Waals surface area (Å²) >= 11 is 0. The third kappa shape index (κ3) is 2.60. The van der Waals surface area contributed by atoms with Crippen LogP contribution in [0.2, 0.25) is 0 Å². The summed E-state index contributed by atoms with van der Waals surface area (Å²) in [5.74, 6) is 0. The standard InChI is InChI=1S/C14H15N3.C2H6/c1-10-9-11-7-8-17(2)13-6-4-3-5-12(13)14(11)16-15-10;1-2/h3-6,9H,7-8H2,1-2H3;1-2H3. The fraction of sp³-hybridized carbons (Fsp3) is 0.375. The predicted octanol–water partition coefficient (Wildman–Crippen LogP) is 3.47. The van der Waals surface area contributed by atoms with Crippen LogP contribution >= 0.6 is 0 Å². The fourth-order valence-corrected chi connectivity index (χ4v) is 2.38. The van der Waals surface area contributed by atoms with Crippen LogP contribution in [0.15, 0.2) is 30.3 Å². The average molecular weight is 255 g/mol. The van der Waals surface area contributed by atoms with Gasteiger partial charge >= 0.3 is 0 Å². The monoisotopic (exact) mass is 255 g/mol. The van der Waals surface area contributed by atoms with E-state index in [0.717, 1.165) is 24.4 Å². The van der Waals surface area contributed by atoms with E-state index in [9.17, 15) is 0 Å². The Kier molecular flexibility index (Phi) is 4.15. The van der Waals surface area contributed by atoms with Gasteiger partial charge in [-0.2, -0.15) is 5.10 Å². The Hall–Kier alpha value is -1.90. The van der Waals surface area contributed by atoms with Crippen molar-refractivity contribution in [2.45, 2.75) is 27.2 Å². The van der Waals surface area contributed by atoms with E-state index < -0.39 is 0 Å². The Balaban J connectivity index is 0.000000637. The number of hydrogen-bond acceptors (Lipinski definition) is 3. The fourth-order valence-electron chi connectivity index (χ4n) is 2.38. The van der Waals surface area contributed by atoms with Crippen LogP contribution in [0.5, 0.6) is 0 Å². The lowest BCUT2D eigenvalue weighted by Gasteiger charge is -2.18. The highest BCUT2D eigenvalue weighted by molar-refractivity contribution is 5.79. The minimum absolute atomic E-state index is 0.991. The number of anilines is 1. The van der Waals surface area contributed by atoms with E-state index in [1.165, 1.54) is 16.8 Å². The number of aryl methyl sites for hydroxylation is 1. The van der Waals surface area contributed by atoms with Crippen molar-refractivity contribution in [1.82, 2.24) is 10.2 Å². The maximum Gasteiger partial charge on any atom is 0.0983 e. The summed E-state index contributed by atoms with van der Waals surface area (Å²) in [5, 5.41) is 8.57. The van der Waals surface area contributed by atoms with Gasteiger partial charge in [-0.1, -0.05) is 32.0 Å². The SMILES string of the molecule is CC.Cc1cc2c(nn1)-c1ccccc1N(C)CC2. The number of nitrogens with zero attached hydrogens (tertiary/aromatic N) is 3. The molecular weight excluding hydrogens is 234 g/mol. The largest absolute Gasteiger partial charge is 0.374 e. The first kappa shape index (κ1) is 13.5. The smallest absolute Gasteiger partial charge is 0.0983 e. The van der Waals surface area contributed by atoms with Crippen LogP contribution < -0.4 is 4.90 Å². The van der Waals surface area contributed by atoms with Crippen molar-refractivity contribution in [3.63, 3.8) is 0 Å². The maximum absolute atomic E-state index is 4.38. The van der Waals surface area contributed by atoms with Crippen molar-refractivity contribution in [3.05, 3.63) is 41.6 Å². The van der Waals surface area contributed by atoms with Gasteiger partial charge in [0.05, 0.1) is 11.4 Å². The van der Waals surface area contributed by atoms with Gasteiger partial charge < -0.3 is 4.90 Å². The average Bonchev–Trinajstić information content (AvgIpc) is 2.59. The number of hydrogen-bond donors (Lipinski definition) is 0. The minimum Gasteiger partial charge on any atom is -0.374 e. The molecule has 0 saturated carbocycles. The van der Waals surface area contributed by atoms with Crippen molar-refractivity contribution in [3.8, 4) is 11.3 Å². The number of benzene rings is 1. The highest BCUT2D eigenvalue weighted by Crippen LogP contribution is 2.33. The molecule has 1 aromatic heterocycles. The molecular formula is C16H21N3. The van der Waals surface area contributed by atoms with E-state index in [4.69, 9.17) is 0 Å². The summed E-state index contributed by atoms with van der Waals surface area (Å²) < 4.78 is 0. The minimum atomic E-state index is 0.991. The molecule has 2 heterocycles. The molecule has 1 aliphatic heterocycles. The Morgan fingerprint density at radius 2 is 1.84 bits per heavy atom. The van der Waals surface area contributed by atoms with Crippen LogP contribution in [0, 0.1) is 6.92 Å². The van der Waals surface area contributed by atoms with Crippen LogP contribution in [0.4, 0.5) is 5.69 Å². The van der Waals surface area contributed by atoms with E-state index >= 15 is 0 Å². The summed E-state index contributed by atoms with van der Waals surface area (Å²) in [6.45, 7) is 7.02. The van der Waals surface area contributed by atoms with Crippen molar-refractivity contribution < 1.29 is 0 Å². The molecule has 0 aliphatic carbocycles. The molecule has 3 nitrogen and oxygen atoms in total. The number of rotatable bonds is 0. The quantitative estimate of drug-likeness (QED) is 0.721. The third-order valence-corrected chi connectivity index (χ3v) is 3.28. The zero-order valence-corrected chi connectivity index (χ0v) is 12.1. The van der Waals surface area contributed by atoms with E-state index in [0.29, 0.717) is 0 Å². The van der Waals surface area contributed by atoms with Gasteiger partial charge in [0.1, 0.15) is 0 Å². The molecule has 0 amide bonds. The van der Waals surface area contributed by atoms with Crippen LogP contribution in [0.1, 0.15) is 25.1 Å². The summed E-state index contributed by atoms with van der Waals surface area (Å²) in [7, 11) is 2.13. The summed E-state index contributed by atoms with van der Waals surface area (Å²) in [6.07, 6.45) is 1.02. The molecule has 0 saturated heterocycles. The predicted molar refractivity (Wildman–Crippen MR) is 80.5 cm³/mol. The third-order valence-electron chi connectivity index (χ3n) is 3.28. The summed E-state index contributed by atoms with van der Waals surface area (Å²) in [6, 6.07) is 10.6. The molecule has 0 spiro atoms. The molecule has 0 radical (unpaired) electrons. The Bertz CT molecular complexity index is 564. The zero-order chi connectivity index (χ0) is 13.8. The molecule has 0 atom stereocenters. The second-order valence-corrected chi connectivity index (χ2v) is 4.55. The van der Waals surface area contributed by atoms with E-state index in [1.807, 2.05) is 20.8 Å². The molecule has 100 valence electrons. The lowest BCUT2D eigenvalue weighted by molar-refractivity contribution is 0.875. The normalized spacial score (nSPS) is 12.7. The van der Waals surface area contributed by atoms with Crippen LogP contribution in [0.25, 0.3) is 11.3 Å². The molecule has 3 rings (SSSR count). The second-order valence-electron chi connectivity index (χ2n) is 4.55. The number of para-hydroxylation sites is 1. The zero-order valence-electron chi connectivity index (χ0n) is 12.1. The van der Waals surface area contributed by atoms with Gasteiger partial charge in [0, 0.05) is 24.8 Å². The van der Waals surface area contributed by atoms with E-state index in [1.54, 1.807) is 0 Å². The first-order valence-corrected chi connectivity index (χ1v) is 6.89. The first-order chi connectivity index (χ1) is 9.25. The molecule has 0 fully saturated rings. The summed E-state index contributed by atoms with van der Waals surface area (Å²) in [4.78, 5) is 2.28. The van der Waals surface area contributed by atoms with Crippen molar-refractivity contribution in [1.29, 1.82) is 0 Å². The first-order valence-electron chi connectivity index (χ1n) is 6.89. The maximum atomic E-state index is 4.38. The molecule has 0 N–H and O–H groups in total. The second kappa shape index (κ2) is 5.83. The van der Waals surface area contributed by atoms with Gasteiger partial charge in [-0.05, 0) is 31.0 Å². The lowest BCUT2D eigenvalue weighted by atomic mass is 10.0. The Labute approximate surface area is 115 Å². The van der Waals surface area contributed by atoms with Gasteiger partial charge in [-0.3, -0.25) is 0 Å². The van der Waals surface area contributed by atoms with Crippen LogP contribution in [-0.2, 0) is 6.42 Å². The van der Waals surface area contributed by atoms with E-state index in [2.05, 4.69) is 52.5 Å². The van der Waals surface area contributed by atoms with Gasteiger partial charge in [0.25, 0.3) is 0 Å². The van der Waals surface area contributed by atoms with Gasteiger partial charge in [-0.25, -0.2) is 0 Å². The molecule has 2 aromatic rings. The van der Waals surface area contributed by atoms with Gasteiger partial charge in [0.15, 0.2) is 0 Å². The molecule has 0 unspecified atom stereocenters. The molecule has 3 heteroatoms. The molecule has 0 bridgehead atoms. The van der Waals surface area contributed by atoms with Gasteiger partial charge in [0.2, 0.25) is 0 Å².